The van der Waals surface area contributed by atoms with Crippen LogP contribution in [0.2, 0.25) is 0 Å². The highest BCUT2D eigenvalue weighted by Crippen LogP contribution is 2.45. The first-order valence-electron chi connectivity index (χ1n) is 11.6. The van der Waals surface area contributed by atoms with Gasteiger partial charge in [0.2, 0.25) is 5.91 Å². The van der Waals surface area contributed by atoms with Crippen LogP contribution >= 0.6 is 0 Å². The van der Waals surface area contributed by atoms with Crippen LogP contribution in [-0.2, 0) is 14.8 Å². The summed E-state index contributed by atoms with van der Waals surface area (Å²) in [6.45, 7) is 1.87. The van der Waals surface area contributed by atoms with Crippen molar-refractivity contribution in [2.75, 3.05) is 0 Å². The van der Waals surface area contributed by atoms with Gasteiger partial charge in [0.1, 0.15) is 5.82 Å². The zero-order valence-electron chi connectivity index (χ0n) is 19.6. The molecule has 4 aromatic carbocycles. The van der Waals surface area contributed by atoms with E-state index in [1.165, 1.54) is 24.3 Å². The van der Waals surface area contributed by atoms with E-state index in [1.807, 2.05) is 49.4 Å². The molecule has 0 spiro atoms. The molecule has 5 rings (SSSR count). The van der Waals surface area contributed by atoms with Crippen molar-refractivity contribution in [2.45, 2.75) is 23.7 Å². The van der Waals surface area contributed by atoms with E-state index < -0.39 is 27.8 Å². The lowest BCUT2D eigenvalue weighted by molar-refractivity contribution is -0.126. The van der Waals surface area contributed by atoms with Crippen LogP contribution in [0.25, 0.3) is 5.70 Å². The minimum Gasteiger partial charge on any atom is -0.273 e. The monoisotopic (exact) mass is 497 g/mol. The summed E-state index contributed by atoms with van der Waals surface area (Å²) in [5, 5.41) is 0. The molecule has 180 valence electrons. The van der Waals surface area contributed by atoms with Gasteiger partial charge in [-0.1, -0.05) is 96.6 Å². The second kappa shape index (κ2) is 9.55. The van der Waals surface area contributed by atoms with Gasteiger partial charge in [0, 0.05) is 5.92 Å². The Labute approximate surface area is 210 Å². The largest absolute Gasteiger partial charge is 0.273 e. The smallest absolute Gasteiger partial charge is 0.270 e. The second-order valence-electron chi connectivity index (χ2n) is 8.80. The van der Waals surface area contributed by atoms with Crippen molar-refractivity contribution >= 4 is 21.6 Å². The lowest BCUT2D eigenvalue weighted by Crippen LogP contribution is -2.43. The van der Waals surface area contributed by atoms with Crippen molar-refractivity contribution in [1.29, 1.82) is 0 Å². The number of carbonyl (C=O) groups excluding carboxylic acids is 1. The predicted molar refractivity (Wildman–Crippen MR) is 138 cm³/mol. The van der Waals surface area contributed by atoms with Gasteiger partial charge in [-0.3, -0.25) is 4.79 Å². The van der Waals surface area contributed by atoms with Crippen molar-refractivity contribution in [1.82, 2.24) is 4.31 Å². The van der Waals surface area contributed by atoms with Crippen molar-refractivity contribution in [3.8, 4) is 0 Å². The molecule has 2 atom stereocenters. The first-order chi connectivity index (χ1) is 17.4. The lowest BCUT2D eigenvalue weighted by Gasteiger charge is -2.37. The molecule has 4 nitrogen and oxygen atoms in total. The highest BCUT2D eigenvalue weighted by molar-refractivity contribution is 7.90. The first-order valence-corrected chi connectivity index (χ1v) is 13.0. The zero-order chi connectivity index (χ0) is 25.3. The summed E-state index contributed by atoms with van der Waals surface area (Å²) in [6, 6.07) is 30.6. The molecule has 0 aromatic heterocycles. The third-order valence-corrected chi connectivity index (χ3v) is 8.15. The van der Waals surface area contributed by atoms with Gasteiger partial charge in [0.05, 0.1) is 16.5 Å². The van der Waals surface area contributed by atoms with E-state index >= 15 is 0 Å². The Kier molecular flexibility index (Phi) is 6.29. The van der Waals surface area contributed by atoms with E-state index in [4.69, 9.17) is 0 Å². The molecule has 0 saturated heterocycles. The predicted octanol–water partition coefficient (Wildman–Crippen LogP) is 6.27. The molecule has 0 saturated carbocycles. The van der Waals surface area contributed by atoms with E-state index in [2.05, 4.69) is 0 Å². The molecule has 0 radical (unpaired) electrons. The Bertz CT molecular complexity index is 1520. The standard InChI is InChI=1S/C30H24FNO3S/c1-21-12-18-26(19-13-21)36(34,35)32-28(23-8-4-2-5-9-23)20-27(22-14-16-25(31)17-15-22)29(30(32)33)24-10-6-3-7-11-24/h2-20,27,29H,1H3/t27-,29-/m0/s1. The summed E-state index contributed by atoms with van der Waals surface area (Å²) in [5.74, 6) is -2.25. The number of nitrogens with zero attached hydrogens (tertiary/aromatic N) is 1. The number of amides is 1. The fourth-order valence-corrected chi connectivity index (χ4v) is 6.07. The minimum atomic E-state index is -4.22. The highest BCUT2D eigenvalue weighted by atomic mass is 32.2. The number of rotatable bonds is 5. The maximum atomic E-state index is 14.3. The van der Waals surface area contributed by atoms with Gasteiger partial charge in [-0.05, 0) is 47.9 Å². The number of hydrogen-bond donors (Lipinski definition) is 0. The molecule has 0 fully saturated rings. The molecule has 0 aliphatic carbocycles. The summed E-state index contributed by atoms with van der Waals surface area (Å²) in [6.07, 6.45) is 1.81. The average Bonchev–Trinajstić information content (AvgIpc) is 2.89. The minimum absolute atomic E-state index is 0.0373. The fraction of sp³-hybridized carbons (Fsp3) is 0.100. The maximum absolute atomic E-state index is 14.3. The van der Waals surface area contributed by atoms with Crippen molar-refractivity contribution in [2.24, 2.45) is 0 Å². The van der Waals surface area contributed by atoms with Crippen LogP contribution in [0, 0.1) is 12.7 Å². The fourth-order valence-electron chi connectivity index (χ4n) is 4.60. The molecule has 4 aromatic rings. The maximum Gasteiger partial charge on any atom is 0.270 e. The molecular weight excluding hydrogens is 473 g/mol. The summed E-state index contributed by atoms with van der Waals surface area (Å²) >= 11 is 0. The second-order valence-corrected chi connectivity index (χ2v) is 10.6. The first kappa shape index (κ1) is 23.7. The van der Waals surface area contributed by atoms with Crippen LogP contribution in [0.4, 0.5) is 4.39 Å². The summed E-state index contributed by atoms with van der Waals surface area (Å²) in [4.78, 5) is 14.3. The van der Waals surface area contributed by atoms with Crippen molar-refractivity contribution in [3.05, 3.63) is 143 Å². The van der Waals surface area contributed by atoms with Gasteiger partial charge in [-0.2, -0.15) is 0 Å². The van der Waals surface area contributed by atoms with Gasteiger partial charge >= 0.3 is 0 Å². The molecule has 0 N–H and O–H groups in total. The summed E-state index contributed by atoms with van der Waals surface area (Å²) < 4.78 is 42.6. The number of carbonyl (C=O) groups is 1. The van der Waals surface area contributed by atoms with Crippen LogP contribution in [0.5, 0.6) is 0 Å². The highest BCUT2D eigenvalue weighted by Gasteiger charge is 2.44. The molecular formula is C30H24FNO3S. The Morgan fingerprint density at radius 1 is 0.722 bits per heavy atom. The SMILES string of the molecule is Cc1ccc(S(=O)(=O)N2C(=O)[C@@H](c3ccccc3)[C@H](c3ccc(F)cc3)C=C2c2ccccc2)cc1. The van der Waals surface area contributed by atoms with Gasteiger partial charge in [-0.25, -0.2) is 17.1 Å². The Morgan fingerprint density at radius 2 is 1.31 bits per heavy atom. The Morgan fingerprint density at radius 3 is 1.92 bits per heavy atom. The number of sulfonamides is 1. The number of benzene rings is 4. The van der Waals surface area contributed by atoms with Gasteiger partial charge in [0.15, 0.2) is 0 Å². The molecule has 1 heterocycles. The van der Waals surface area contributed by atoms with E-state index in [0.29, 0.717) is 11.1 Å². The summed E-state index contributed by atoms with van der Waals surface area (Å²) in [7, 11) is -4.22. The van der Waals surface area contributed by atoms with Gasteiger partial charge in [-0.15, -0.1) is 0 Å². The van der Waals surface area contributed by atoms with E-state index in [-0.39, 0.29) is 16.4 Å². The van der Waals surface area contributed by atoms with Crippen LogP contribution in [0.3, 0.4) is 0 Å². The van der Waals surface area contributed by atoms with Crippen molar-refractivity contribution < 1.29 is 17.6 Å². The molecule has 1 amide bonds. The number of allylic oxidation sites excluding steroid dienone is 1. The molecule has 6 heteroatoms. The van der Waals surface area contributed by atoms with Crippen LogP contribution < -0.4 is 0 Å². The molecule has 0 bridgehead atoms. The topological polar surface area (TPSA) is 54.5 Å². The molecule has 1 aliphatic rings. The summed E-state index contributed by atoms with van der Waals surface area (Å²) in [5.41, 5.74) is 3.20. The third-order valence-electron chi connectivity index (χ3n) is 6.42. The van der Waals surface area contributed by atoms with Crippen molar-refractivity contribution in [3.63, 3.8) is 0 Å². The number of halogens is 1. The zero-order valence-corrected chi connectivity index (χ0v) is 20.4. The Hall–Kier alpha value is -4.03. The number of hydrogen-bond acceptors (Lipinski definition) is 3. The Balaban J connectivity index is 1.76. The van der Waals surface area contributed by atoms with Crippen LogP contribution in [0.1, 0.15) is 34.1 Å². The van der Waals surface area contributed by atoms with Crippen LogP contribution in [0.15, 0.2) is 120 Å². The lowest BCUT2D eigenvalue weighted by atomic mass is 9.78. The van der Waals surface area contributed by atoms with Crippen LogP contribution in [-0.4, -0.2) is 18.6 Å². The number of aryl methyl sites for hydroxylation is 1. The quantitative estimate of drug-likeness (QED) is 0.326. The van der Waals surface area contributed by atoms with Gasteiger partial charge in [0.25, 0.3) is 10.0 Å². The molecule has 1 aliphatic heterocycles. The normalized spacial score (nSPS) is 18.1. The van der Waals surface area contributed by atoms with E-state index in [0.717, 1.165) is 15.4 Å². The molecule has 36 heavy (non-hydrogen) atoms. The third kappa shape index (κ3) is 4.36. The molecule has 0 unspecified atom stereocenters. The van der Waals surface area contributed by atoms with Gasteiger partial charge < -0.3 is 0 Å². The average molecular weight is 498 g/mol. The van der Waals surface area contributed by atoms with E-state index in [9.17, 15) is 17.6 Å². The van der Waals surface area contributed by atoms with E-state index in [1.54, 1.807) is 48.5 Å².